The number of hydrogen-bond donors (Lipinski definition) is 7. The lowest BCUT2D eigenvalue weighted by molar-refractivity contribution is -0.247. The van der Waals surface area contributed by atoms with Gasteiger partial charge in [0.15, 0.2) is 17.9 Å². The molecule has 4 aromatic rings. The third kappa shape index (κ3) is 9.53. The normalized spacial score (nSPS) is 24.7. The van der Waals surface area contributed by atoms with Crippen LogP contribution in [-0.4, -0.2) is 128 Å². The number of ketones is 3. The van der Waals surface area contributed by atoms with E-state index in [2.05, 4.69) is 4.98 Å². The van der Waals surface area contributed by atoms with Crippen LogP contribution >= 0.6 is 12.4 Å². The minimum Gasteiger partial charge on any atom is -0.507 e. The van der Waals surface area contributed by atoms with E-state index in [0.29, 0.717) is 5.69 Å². The summed E-state index contributed by atoms with van der Waals surface area (Å²) in [4.78, 5) is 59.7. The second kappa shape index (κ2) is 20.2. The second-order valence-electron chi connectivity index (χ2n) is 17.5. The Balaban J connectivity index is 0.000000234. The van der Waals surface area contributed by atoms with Gasteiger partial charge >= 0.3 is 6.18 Å². The number of hydrogen-bond acceptors (Lipinski definition) is 17. The van der Waals surface area contributed by atoms with E-state index in [9.17, 15) is 68.3 Å². The molecular formula is C48H51ClF3N5O13. The minimum atomic E-state index is -4.75. The number of aliphatic hydroxyl groups excluding tert-OH is 3. The van der Waals surface area contributed by atoms with Crippen LogP contribution in [0.5, 0.6) is 17.2 Å². The fourth-order valence-corrected chi connectivity index (χ4v) is 9.42. The van der Waals surface area contributed by atoms with Crippen LogP contribution in [0.2, 0.25) is 0 Å². The highest BCUT2D eigenvalue weighted by atomic mass is 35.5. The number of aryl methyl sites for hydroxylation is 2. The zero-order valence-corrected chi connectivity index (χ0v) is 39.2. The molecule has 3 heterocycles. The summed E-state index contributed by atoms with van der Waals surface area (Å²) in [7, 11) is 2.86. The maximum absolute atomic E-state index is 13.6. The fourth-order valence-electron chi connectivity index (χ4n) is 9.42. The van der Waals surface area contributed by atoms with Gasteiger partial charge < -0.3 is 60.4 Å². The number of nitrogens with two attached hydrogens (primary N) is 1. The van der Waals surface area contributed by atoms with Crippen molar-refractivity contribution >= 4 is 47.2 Å². The van der Waals surface area contributed by atoms with Gasteiger partial charge in [0.25, 0.3) is 5.91 Å². The average molecular weight is 998 g/mol. The minimum absolute atomic E-state index is 0. The number of nitrogens with zero attached hydrogens (tertiary/aromatic N) is 4. The van der Waals surface area contributed by atoms with Crippen LogP contribution in [0, 0.1) is 25.2 Å². The number of benzene rings is 3. The van der Waals surface area contributed by atoms with Crippen molar-refractivity contribution in [3.05, 3.63) is 104 Å². The van der Waals surface area contributed by atoms with E-state index in [1.165, 1.54) is 49.1 Å². The number of ether oxygens (including phenoxy) is 3. The van der Waals surface area contributed by atoms with Crippen LogP contribution in [0.4, 0.5) is 24.7 Å². The number of aromatic hydroxyl groups is 2. The van der Waals surface area contributed by atoms with Gasteiger partial charge in [0.1, 0.15) is 52.9 Å². The van der Waals surface area contributed by atoms with Gasteiger partial charge in [-0.2, -0.15) is 18.4 Å². The highest BCUT2D eigenvalue weighted by molar-refractivity contribution is 6.31. The molecule has 4 aliphatic rings. The average Bonchev–Trinajstić information content (AvgIpc) is 3.70. The van der Waals surface area contributed by atoms with Crippen molar-refractivity contribution in [3.63, 3.8) is 0 Å². The maximum Gasteiger partial charge on any atom is 0.417 e. The summed E-state index contributed by atoms with van der Waals surface area (Å²) in [6, 6.07) is 12.0. The summed E-state index contributed by atoms with van der Waals surface area (Å²) in [5.74, 6) is -4.51. The van der Waals surface area contributed by atoms with E-state index in [-0.39, 0.29) is 71.3 Å². The lowest BCUT2D eigenvalue weighted by atomic mass is 9.72. The Hall–Kier alpha value is -6.22. The number of carbonyl (C=O) groups excluding carboxylic acids is 4. The van der Waals surface area contributed by atoms with Crippen molar-refractivity contribution in [1.29, 1.82) is 5.26 Å². The number of methoxy groups -OCH3 is 1. The number of halogens is 4. The third-order valence-corrected chi connectivity index (χ3v) is 13.0. The molecule has 2 aliphatic carbocycles. The number of carbonyl (C=O) groups is 4. The summed E-state index contributed by atoms with van der Waals surface area (Å²) in [6.07, 6.45) is -10.8. The summed E-state index contributed by atoms with van der Waals surface area (Å²) in [6.45, 7) is 3.92. The molecule has 0 bridgehead atoms. The zero-order valence-electron chi connectivity index (χ0n) is 38.4. The van der Waals surface area contributed by atoms with Crippen LogP contribution in [-0.2, 0) is 31.7 Å². The van der Waals surface area contributed by atoms with Crippen LogP contribution in [0.1, 0.15) is 97.6 Å². The number of phenols is 2. The topological polar surface area (TPSA) is 287 Å². The Kier molecular flexibility index (Phi) is 15.4. The zero-order chi connectivity index (χ0) is 50.6. The molecule has 70 heavy (non-hydrogen) atoms. The van der Waals surface area contributed by atoms with Crippen LogP contribution in [0.15, 0.2) is 48.5 Å². The van der Waals surface area contributed by atoms with Gasteiger partial charge in [-0.15, -0.1) is 12.4 Å². The largest absolute Gasteiger partial charge is 0.507 e. The Morgan fingerprint density at radius 2 is 1.73 bits per heavy atom. The number of likely N-dealkylation sites (N-methyl/N-ethyl adjacent to an activating group) is 1. The van der Waals surface area contributed by atoms with Crippen LogP contribution in [0.25, 0.3) is 0 Å². The number of pyridine rings is 1. The molecule has 22 heteroatoms. The van der Waals surface area contributed by atoms with Gasteiger partial charge in [0.05, 0.1) is 53.8 Å². The molecule has 2 saturated heterocycles. The number of alkyl halides is 3. The summed E-state index contributed by atoms with van der Waals surface area (Å²) in [5.41, 5.74) is 2.20. The third-order valence-electron chi connectivity index (χ3n) is 13.0. The van der Waals surface area contributed by atoms with Crippen molar-refractivity contribution in [2.75, 3.05) is 37.1 Å². The Labute approximate surface area is 405 Å². The van der Waals surface area contributed by atoms with Crippen LogP contribution in [0.3, 0.4) is 0 Å². The SMILES string of the molecule is COc1cccc2c1C(=O)c1c(O)c3c(c(O)c1C2=O)CC(O)(C(=O)CO)CC3OC1CC(N)C(O)C(C)O1.Cc1cccc(N(C)C(=O)C2C(O)CCN2c2nc(C)cc(C(F)(F)F)c2C#N)c1.Cl. The summed E-state index contributed by atoms with van der Waals surface area (Å²) >= 11 is 0. The van der Waals surface area contributed by atoms with E-state index in [0.717, 1.165) is 11.6 Å². The summed E-state index contributed by atoms with van der Waals surface area (Å²) in [5, 5.41) is 73.6. The smallest absolute Gasteiger partial charge is 0.417 e. The van der Waals surface area contributed by atoms with Gasteiger partial charge in [-0.05, 0) is 57.0 Å². The molecule has 2 aliphatic heterocycles. The van der Waals surface area contributed by atoms with Gasteiger partial charge in [0, 0.05) is 67.0 Å². The molecule has 8 unspecified atom stereocenters. The van der Waals surface area contributed by atoms with E-state index in [1.807, 2.05) is 13.0 Å². The first-order valence-corrected chi connectivity index (χ1v) is 21.7. The monoisotopic (exact) mass is 997 g/mol. The molecule has 8 rings (SSSR count). The van der Waals surface area contributed by atoms with Crippen LogP contribution < -0.4 is 20.3 Å². The fraction of sp³-hybridized carbons (Fsp3) is 0.417. The summed E-state index contributed by atoms with van der Waals surface area (Å²) < 4.78 is 57.4. The van der Waals surface area contributed by atoms with Gasteiger partial charge in [-0.25, -0.2) is 4.98 Å². The Morgan fingerprint density at radius 1 is 1.06 bits per heavy atom. The number of fused-ring (bicyclic) bond motifs is 3. The number of amides is 1. The van der Waals surface area contributed by atoms with E-state index >= 15 is 0 Å². The molecule has 3 aromatic carbocycles. The van der Waals surface area contributed by atoms with Crippen molar-refractivity contribution in [1.82, 2.24) is 4.98 Å². The van der Waals surface area contributed by atoms with E-state index < -0.39 is 131 Å². The number of rotatable bonds is 8. The molecular weight excluding hydrogens is 947 g/mol. The molecule has 8 atom stereocenters. The molecule has 1 aromatic heterocycles. The Morgan fingerprint density at radius 3 is 2.34 bits per heavy atom. The number of phenolic OH excluding ortho intramolecular Hbond substituents is 2. The first-order valence-electron chi connectivity index (χ1n) is 21.7. The molecule has 0 spiro atoms. The predicted molar refractivity (Wildman–Crippen MR) is 244 cm³/mol. The molecule has 18 nitrogen and oxygen atoms in total. The number of aliphatic hydroxyl groups is 4. The lowest BCUT2D eigenvalue weighted by Crippen LogP contribution is -2.53. The van der Waals surface area contributed by atoms with Crippen molar-refractivity contribution in [3.8, 4) is 23.3 Å². The van der Waals surface area contributed by atoms with Gasteiger partial charge in [0.2, 0.25) is 5.78 Å². The van der Waals surface area contributed by atoms with Gasteiger partial charge in [-0.1, -0.05) is 24.3 Å². The highest BCUT2D eigenvalue weighted by Gasteiger charge is 2.51. The van der Waals surface area contributed by atoms with Crippen molar-refractivity contribution < 1.29 is 77.2 Å². The molecule has 0 radical (unpaired) electrons. The molecule has 374 valence electrons. The molecule has 2 fully saturated rings. The Bertz CT molecular complexity index is 2780. The predicted octanol–water partition coefficient (Wildman–Crippen LogP) is 3.61. The van der Waals surface area contributed by atoms with E-state index in [4.69, 9.17) is 19.9 Å². The standard InChI is InChI=1S/C27H29NO11.C21H21F3N4O2.ClH/c1-10-22(31)13(28)6-17(38-10)39-15-8-27(36,16(30)9-29)7-12-19(15)26(35)21-20(24(12)33)23(32)11-4-3-5-14(37-2)18(11)25(21)34;1-12-5-4-6-14(9-12)27(3)20(30)18-17(29)7-8-28(18)19-15(11-25)16(21(22,23)24)10-13(2)26-19;/h3-5,10,13,15,17,22,29,31,33,35-36H,6-9,28H2,1-2H3;4-6,9-10,17-18,29H,7-8H2,1-3H3;1H. The number of nitriles is 1. The second-order valence-corrected chi connectivity index (χ2v) is 17.5. The maximum atomic E-state index is 13.6. The van der Waals surface area contributed by atoms with E-state index in [1.54, 1.807) is 31.2 Å². The first kappa shape index (κ1) is 53.1. The molecule has 8 N–H and O–H groups in total. The number of Topliss-reactive ketones (excluding diaryl/α,β-unsaturated/α-hetero) is 1. The first-order chi connectivity index (χ1) is 32.5. The molecule has 0 saturated carbocycles. The van der Waals surface area contributed by atoms with Gasteiger partial charge in [-0.3, -0.25) is 19.2 Å². The van der Waals surface area contributed by atoms with Crippen molar-refractivity contribution in [2.45, 2.75) is 101 Å². The van der Waals surface area contributed by atoms with Crippen molar-refractivity contribution in [2.24, 2.45) is 5.73 Å². The lowest BCUT2D eigenvalue weighted by Gasteiger charge is -2.42. The highest BCUT2D eigenvalue weighted by Crippen LogP contribution is 2.52. The quantitative estimate of drug-likeness (QED) is 0.109. The molecule has 1 amide bonds. The number of anilines is 2. The number of aromatic nitrogens is 1.